The third-order valence-corrected chi connectivity index (χ3v) is 4.34. The number of guanidine groups is 1. The Labute approximate surface area is 195 Å². The van der Waals surface area contributed by atoms with Gasteiger partial charge in [0.25, 0.3) is 0 Å². The number of hydrogen-bond acceptors (Lipinski definition) is 4. The van der Waals surface area contributed by atoms with E-state index in [-0.39, 0.29) is 24.0 Å². The minimum Gasteiger partial charge on any atom is -0.494 e. The number of nitrogens with one attached hydrogen (secondary N) is 2. The Morgan fingerprint density at radius 2 is 1.90 bits per heavy atom. The Morgan fingerprint density at radius 1 is 1.10 bits per heavy atom. The maximum Gasteiger partial charge on any atom is 0.191 e. The number of aromatic nitrogens is 3. The summed E-state index contributed by atoms with van der Waals surface area (Å²) in [6, 6.07) is 16.2. The molecule has 0 atom stereocenters. The molecule has 0 aliphatic carbocycles. The van der Waals surface area contributed by atoms with E-state index < -0.39 is 0 Å². The van der Waals surface area contributed by atoms with Gasteiger partial charge in [-0.05, 0) is 44.5 Å². The molecular weight excluding hydrogens is 491 g/mol. The molecule has 0 amide bonds. The zero-order chi connectivity index (χ0) is 20.5. The van der Waals surface area contributed by atoms with Gasteiger partial charge in [0.05, 0.1) is 19.7 Å². The van der Waals surface area contributed by atoms with Crippen LogP contribution in [0.4, 0.5) is 0 Å². The highest BCUT2D eigenvalue weighted by molar-refractivity contribution is 14.0. The van der Waals surface area contributed by atoms with Gasteiger partial charge in [0, 0.05) is 17.8 Å². The molecule has 160 valence electrons. The lowest BCUT2D eigenvalue weighted by Crippen LogP contribution is -2.37. The van der Waals surface area contributed by atoms with Crippen LogP contribution < -0.4 is 15.4 Å². The van der Waals surface area contributed by atoms with Crippen LogP contribution in [0.25, 0.3) is 5.69 Å². The molecule has 2 N–H and O–H groups in total. The van der Waals surface area contributed by atoms with Crippen LogP contribution in [-0.4, -0.2) is 33.9 Å². The lowest BCUT2D eigenvalue weighted by molar-refractivity contribution is 0.336. The van der Waals surface area contributed by atoms with E-state index in [2.05, 4.69) is 46.0 Å². The number of aryl methyl sites for hydroxylation is 1. The zero-order valence-electron chi connectivity index (χ0n) is 17.6. The molecule has 0 aliphatic heterocycles. The van der Waals surface area contributed by atoms with Crippen molar-refractivity contribution in [2.75, 3.05) is 13.2 Å². The first kappa shape index (κ1) is 23.7. The van der Waals surface area contributed by atoms with Gasteiger partial charge in [-0.1, -0.05) is 30.3 Å². The molecular formula is C22H29IN6O. The monoisotopic (exact) mass is 520 g/mol. The van der Waals surface area contributed by atoms with Crippen LogP contribution in [0.2, 0.25) is 0 Å². The first-order valence-electron chi connectivity index (χ1n) is 9.90. The fourth-order valence-corrected chi connectivity index (χ4v) is 2.93. The second-order valence-corrected chi connectivity index (χ2v) is 6.55. The van der Waals surface area contributed by atoms with Crippen LogP contribution in [0.5, 0.6) is 5.75 Å². The SMILES string of the molecule is CCNC(=NCc1ccc(C)cc1OCC)NCc1nncn1-c1ccccc1.I. The van der Waals surface area contributed by atoms with Crippen molar-refractivity contribution in [3.8, 4) is 11.4 Å². The standard InChI is InChI=1S/C22H28N6O.HI/c1-4-23-22(24-14-18-12-11-17(3)13-20(18)29-5-2)25-15-21-27-26-16-28(21)19-9-7-6-8-10-19;/h6-13,16H,4-5,14-15H2,1-3H3,(H2,23,24,25);1H. The van der Waals surface area contributed by atoms with Gasteiger partial charge in [-0.2, -0.15) is 0 Å². The lowest BCUT2D eigenvalue weighted by Gasteiger charge is -2.13. The van der Waals surface area contributed by atoms with Crippen LogP contribution in [0.15, 0.2) is 59.9 Å². The number of halogens is 1. The van der Waals surface area contributed by atoms with Crippen LogP contribution in [-0.2, 0) is 13.1 Å². The van der Waals surface area contributed by atoms with Crippen molar-refractivity contribution in [1.29, 1.82) is 0 Å². The third-order valence-electron chi connectivity index (χ3n) is 4.34. The fourth-order valence-electron chi connectivity index (χ4n) is 2.93. The van der Waals surface area contributed by atoms with Crippen LogP contribution >= 0.6 is 24.0 Å². The first-order valence-corrected chi connectivity index (χ1v) is 9.90. The summed E-state index contributed by atoms with van der Waals surface area (Å²) in [5.41, 5.74) is 3.26. The highest BCUT2D eigenvalue weighted by Gasteiger charge is 2.08. The van der Waals surface area contributed by atoms with E-state index in [1.807, 2.05) is 48.7 Å². The highest BCUT2D eigenvalue weighted by Crippen LogP contribution is 2.21. The van der Waals surface area contributed by atoms with Gasteiger partial charge in [-0.3, -0.25) is 4.57 Å². The average Bonchev–Trinajstić information content (AvgIpc) is 3.21. The topological polar surface area (TPSA) is 76.4 Å². The summed E-state index contributed by atoms with van der Waals surface area (Å²) in [6.45, 7) is 8.52. The number of para-hydroxylation sites is 1. The van der Waals surface area contributed by atoms with E-state index in [9.17, 15) is 0 Å². The second kappa shape index (κ2) is 12.2. The highest BCUT2D eigenvalue weighted by atomic mass is 127. The van der Waals surface area contributed by atoms with Gasteiger partial charge in [0.2, 0.25) is 0 Å². The Hall–Kier alpha value is -2.62. The normalized spacial score (nSPS) is 11.0. The van der Waals surface area contributed by atoms with Crippen molar-refractivity contribution < 1.29 is 4.74 Å². The van der Waals surface area contributed by atoms with E-state index in [0.717, 1.165) is 35.3 Å². The van der Waals surface area contributed by atoms with Gasteiger partial charge in [-0.25, -0.2) is 4.99 Å². The maximum atomic E-state index is 5.76. The van der Waals surface area contributed by atoms with E-state index >= 15 is 0 Å². The summed E-state index contributed by atoms with van der Waals surface area (Å²) in [5, 5.41) is 14.9. The van der Waals surface area contributed by atoms with E-state index in [0.29, 0.717) is 19.7 Å². The molecule has 0 aliphatic rings. The van der Waals surface area contributed by atoms with Crippen molar-refractivity contribution in [1.82, 2.24) is 25.4 Å². The molecule has 0 spiro atoms. The molecule has 3 aromatic rings. The van der Waals surface area contributed by atoms with Crippen LogP contribution in [0.1, 0.15) is 30.8 Å². The van der Waals surface area contributed by atoms with Crippen LogP contribution in [0, 0.1) is 6.92 Å². The van der Waals surface area contributed by atoms with Gasteiger partial charge in [0.15, 0.2) is 11.8 Å². The van der Waals surface area contributed by atoms with Gasteiger partial charge < -0.3 is 15.4 Å². The van der Waals surface area contributed by atoms with E-state index in [1.54, 1.807) is 6.33 Å². The first-order chi connectivity index (χ1) is 14.2. The van der Waals surface area contributed by atoms with Gasteiger partial charge in [0.1, 0.15) is 12.1 Å². The number of hydrogen-bond donors (Lipinski definition) is 2. The third kappa shape index (κ3) is 6.45. The number of benzene rings is 2. The smallest absolute Gasteiger partial charge is 0.191 e. The minimum atomic E-state index is 0. The molecule has 1 heterocycles. The minimum absolute atomic E-state index is 0. The molecule has 0 bridgehead atoms. The number of rotatable bonds is 8. The number of ether oxygens (including phenoxy) is 1. The molecule has 0 radical (unpaired) electrons. The van der Waals surface area contributed by atoms with Gasteiger partial charge >= 0.3 is 0 Å². The lowest BCUT2D eigenvalue weighted by atomic mass is 10.1. The zero-order valence-corrected chi connectivity index (χ0v) is 20.0. The van der Waals surface area contributed by atoms with Gasteiger partial charge in [-0.15, -0.1) is 34.2 Å². The predicted molar refractivity (Wildman–Crippen MR) is 131 cm³/mol. The molecule has 0 fully saturated rings. The Morgan fingerprint density at radius 3 is 2.63 bits per heavy atom. The Balaban J connectivity index is 0.00000320. The van der Waals surface area contributed by atoms with Crippen molar-refractivity contribution in [3.63, 3.8) is 0 Å². The molecule has 8 heteroatoms. The molecule has 30 heavy (non-hydrogen) atoms. The van der Waals surface area contributed by atoms with Crippen molar-refractivity contribution >= 4 is 29.9 Å². The molecule has 3 rings (SSSR count). The fraction of sp³-hybridized carbons (Fsp3) is 0.318. The molecule has 7 nitrogen and oxygen atoms in total. The summed E-state index contributed by atoms with van der Waals surface area (Å²) in [5.74, 6) is 2.42. The molecule has 0 unspecified atom stereocenters. The average molecular weight is 520 g/mol. The largest absolute Gasteiger partial charge is 0.494 e. The summed E-state index contributed by atoms with van der Waals surface area (Å²) < 4.78 is 7.72. The predicted octanol–water partition coefficient (Wildman–Crippen LogP) is 3.85. The quantitative estimate of drug-likeness (QED) is 0.268. The number of nitrogens with zero attached hydrogens (tertiary/aromatic N) is 4. The Kier molecular flexibility index (Phi) is 9.59. The van der Waals surface area contributed by atoms with Crippen LogP contribution in [0.3, 0.4) is 0 Å². The molecule has 2 aromatic carbocycles. The van der Waals surface area contributed by atoms with Crippen molar-refractivity contribution in [2.45, 2.75) is 33.9 Å². The Bertz CT molecular complexity index is 942. The number of aliphatic imine (C=N–C) groups is 1. The van der Waals surface area contributed by atoms with E-state index in [1.165, 1.54) is 5.56 Å². The summed E-state index contributed by atoms with van der Waals surface area (Å²) in [4.78, 5) is 4.72. The summed E-state index contributed by atoms with van der Waals surface area (Å²) in [6.07, 6.45) is 1.72. The second-order valence-electron chi connectivity index (χ2n) is 6.55. The molecule has 0 saturated carbocycles. The summed E-state index contributed by atoms with van der Waals surface area (Å²) in [7, 11) is 0. The molecule has 1 aromatic heterocycles. The van der Waals surface area contributed by atoms with Crippen molar-refractivity contribution in [3.05, 3.63) is 71.8 Å². The summed E-state index contributed by atoms with van der Waals surface area (Å²) >= 11 is 0. The molecule has 0 saturated heterocycles. The maximum absolute atomic E-state index is 5.76. The van der Waals surface area contributed by atoms with Crippen molar-refractivity contribution in [2.24, 2.45) is 4.99 Å². The van der Waals surface area contributed by atoms with E-state index in [4.69, 9.17) is 9.73 Å².